The smallest absolute Gasteiger partial charge is 0.168 e. The highest BCUT2D eigenvalue weighted by Gasteiger charge is 2.16. The third kappa shape index (κ3) is 7.23. The number of carbonyl (C=O) groups is 1. The Kier molecular flexibility index (Phi) is 9.18. The Morgan fingerprint density at radius 3 is 2.48 bits per heavy atom. The molecule has 0 unspecified atom stereocenters. The molecule has 1 aliphatic heterocycles. The van der Waals surface area contributed by atoms with Gasteiger partial charge >= 0.3 is 0 Å². The number of piperazine rings is 1. The molecule has 1 fully saturated rings. The highest BCUT2D eigenvalue weighted by Crippen LogP contribution is 2.27. The Morgan fingerprint density at radius 2 is 1.81 bits per heavy atom. The Hall–Kier alpha value is -2.09. The summed E-state index contributed by atoms with van der Waals surface area (Å²) in [6.45, 7) is 5.48. The molecular formula is C24H32N4OS2. The lowest BCUT2D eigenvalue weighted by Crippen LogP contribution is -2.46. The topological polar surface area (TPSA) is 61.6 Å². The van der Waals surface area contributed by atoms with Crippen molar-refractivity contribution in [3.05, 3.63) is 54.1 Å². The van der Waals surface area contributed by atoms with Crippen molar-refractivity contribution in [1.82, 2.24) is 4.90 Å². The predicted octanol–water partition coefficient (Wildman–Crippen LogP) is 4.63. The molecule has 0 bridgehead atoms. The van der Waals surface area contributed by atoms with Gasteiger partial charge in [0.1, 0.15) is 0 Å². The minimum absolute atomic E-state index is 0.176. The van der Waals surface area contributed by atoms with Crippen molar-refractivity contribution in [3.63, 3.8) is 0 Å². The second-order valence-corrected chi connectivity index (χ2v) is 9.09. The Labute approximate surface area is 195 Å². The summed E-state index contributed by atoms with van der Waals surface area (Å²) in [4.78, 5) is 18.6. The fraction of sp³-hybridized carbons (Fsp3) is 0.417. The monoisotopic (exact) mass is 456 g/mol. The fourth-order valence-corrected chi connectivity index (χ4v) is 4.57. The molecule has 3 rings (SSSR count). The summed E-state index contributed by atoms with van der Waals surface area (Å²) >= 11 is 6.54. The molecule has 0 amide bonds. The summed E-state index contributed by atoms with van der Waals surface area (Å²) in [6.07, 6.45) is 5.70. The molecule has 2 aromatic rings. The highest BCUT2D eigenvalue weighted by molar-refractivity contribution is 7.98. The average Bonchev–Trinajstić information content (AvgIpc) is 2.79. The second kappa shape index (κ2) is 12.1. The first-order valence-electron chi connectivity index (χ1n) is 10.9. The van der Waals surface area contributed by atoms with E-state index >= 15 is 0 Å². The van der Waals surface area contributed by atoms with Gasteiger partial charge in [-0.2, -0.15) is 0 Å². The summed E-state index contributed by atoms with van der Waals surface area (Å²) in [5.41, 5.74) is 8.45. The molecule has 2 aromatic carbocycles. The zero-order chi connectivity index (χ0) is 22.1. The number of nitrogens with two attached hydrogens (primary N) is 1. The molecule has 1 heterocycles. The number of hydrogen-bond acceptors (Lipinski definition) is 5. The van der Waals surface area contributed by atoms with Crippen molar-refractivity contribution in [1.29, 1.82) is 0 Å². The number of benzene rings is 2. The summed E-state index contributed by atoms with van der Waals surface area (Å²) in [6, 6.07) is 16.3. The lowest BCUT2D eigenvalue weighted by molar-refractivity contribution is 0.0978. The van der Waals surface area contributed by atoms with Crippen LogP contribution in [-0.4, -0.2) is 54.8 Å². The van der Waals surface area contributed by atoms with E-state index < -0.39 is 0 Å². The summed E-state index contributed by atoms with van der Waals surface area (Å²) < 4.78 is 0. The van der Waals surface area contributed by atoms with Crippen molar-refractivity contribution >= 4 is 46.3 Å². The van der Waals surface area contributed by atoms with Gasteiger partial charge in [-0.25, -0.2) is 0 Å². The first kappa shape index (κ1) is 23.6. The number of rotatable bonds is 10. The number of hydrogen-bond donors (Lipinski definition) is 2. The van der Waals surface area contributed by atoms with E-state index in [-0.39, 0.29) is 10.9 Å². The van der Waals surface area contributed by atoms with Crippen LogP contribution < -0.4 is 16.0 Å². The first-order valence-corrected chi connectivity index (χ1v) is 12.5. The van der Waals surface area contributed by atoms with E-state index in [9.17, 15) is 4.79 Å². The lowest BCUT2D eigenvalue weighted by atomic mass is 10.0. The third-order valence-electron chi connectivity index (χ3n) is 5.65. The number of nitrogens with zero attached hydrogens (tertiary/aromatic N) is 2. The van der Waals surface area contributed by atoms with E-state index in [1.54, 1.807) is 11.8 Å². The van der Waals surface area contributed by atoms with Crippen LogP contribution in [0.25, 0.3) is 0 Å². The largest absolute Gasteiger partial charge is 0.376 e. The maximum Gasteiger partial charge on any atom is 0.168 e. The van der Waals surface area contributed by atoms with E-state index in [0.29, 0.717) is 12.0 Å². The standard InChI is InChI=1S/C24H32N4OS2/c1-31-23-12-11-19(18-21(23)26-24(25)30)22(29)10-6-3-7-13-27-14-16-28(17-15-27)20-8-4-2-5-9-20/h2,4-5,8-9,11-12,18H,3,6-7,10,13-17H2,1H3,(H3,25,26,30). The van der Waals surface area contributed by atoms with Crippen LogP contribution in [-0.2, 0) is 0 Å². The van der Waals surface area contributed by atoms with E-state index in [1.165, 1.54) is 5.69 Å². The zero-order valence-electron chi connectivity index (χ0n) is 18.2. The predicted molar refractivity (Wildman–Crippen MR) is 137 cm³/mol. The molecule has 5 nitrogen and oxygen atoms in total. The van der Waals surface area contributed by atoms with Crippen LogP contribution >= 0.6 is 24.0 Å². The highest BCUT2D eigenvalue weighted by atomic mass is 32.2. The normalized spacial score (nSPS) is 14.4. The first-order chi connectivity index (χ1) is 15.1. The minimum Gasteiger partial charge on any atom is -0.376 e. The summed E-state index contributed by atoms with van der Waals surface area (Å²) in [7, 11) is 0. The molecule has 0 spiro atoms. The number of thioether (sulfide) groups is 1. The zero-order valence-corrected chi connectivity index (χ0v) is 19.8. The maximum atomic E-state index is 12.6. The Balaban J connectivity index is 1.36. The second-order valence-electron chi connectivity index (χ2n) is 7.80. The molecule has 1 saturated heterocycles. The molecule has 3 N–H and O–H groups in total. The Bertz CT molecular complexity index is 867. The molecule has 0 atom stereocenters. The summed E-state index contributed by atoms with van der Waals surface area (Å²) in [5.74, 6) is 0.176. The van der Waals surface area contributed by atoms with Crippen molar-refractivity contribution in [2.75, 3.05) is 49.2 Å². The number of para-hydroxylation sites is 1. The quantitative estimate of drug-likeness (QED) is 0.234. The van der Waals surface area contributed by atoms with Crippen LogP contribution in [0.1, 0.15) is 36.0 Å². The van der Waals surface area contributed by atoms with Crippen LogP contribution in [0.2, 0.25) is 0 Å². The molecule has 0 aliphatic carbocycles. The van der Waals surface area contributed by atoms with Crippen molar-refractivity contribution in [2.24, 2.45) is 5.73 Å². The molecule has 1 aliphatic rings. The number of anilines is 2. The van der Waals surface area contributed by atoms with Gasteiger partial charge < -0.3 is 16.0 Å². The number of nitrogens with one attached hydrogen (secondary N) is 1. The van der Waals surface area contributed by atoms with Gasteiger partial charge in [0, 0.05) is 48.7 Å². The summed E-state index contributed by atoms with van der Waals surface area (Å²) in [5, 5.41) is 3.19. The number of thiocarbonyl (C=S) groups is 1. The van der Waals surface area contributed by atoms with Crippen LogP contribution in [0.15, 0.2) is 53.4 Å². The molecule has 7 heteroatoms. The number of unbranched alkanes of at least 4 members (excludes halogenated alkanes) is 2. The van der Waals surface area contributed by atoms with Gasteiger partial charge in [0.15, 0.2) is 10.9 Å². The number of ketones is 1. The van der Waals surface area contributed by atoms with Gasteiger partial charge in [-0.05, 0) is 62.1 Å². The van der Waals surface area contributed by atoms with Gasteiger partial charge in [-0.1, -0.05) is 30.7 Å². The van der Waals surface area contributed by atoms with Crippen molar-refractivity contribution < 1.29 is 4.79 Å². The van der Waals surface area contributed by atoms with Crippen molar-refractivity contribution in [3.8, 4) is 0 Å². The van der Waals surface area contributed by atoms with E-state index in [2.05, 4.69) is 45.4 Å². The van der Waals surface area contributed by atoms with Crippen molar-refractivity contribution in [2.45, 2.75) is 30.6 Å². The van der Waals surface area contributed by atoms with E-state index in [4.69, 9.17) is 18.0 Å². The number of carbonyl (C=O) groups excluding carboxylic acids is 1. The van der Waals surface area contributed by atoms with E-state index in [0.717, 1.165) is 62.6 Å². The molecule has 166 valence electrons. The van der Waals surface area contributed by atoms with Gasteiger partial charge in [0.2, 0.25) is 0 Å². The lowest BCUT2D eigenvalue weighted by Gasteiger charge is -2.36. The van der Waals surface area contributed by atoms with Gasteiger partial charge in [0.05, 0.1) is 5.69 Å². The fourth-order valence-electron chi connectivity index (χ4n) is 3.92. The van der Waals surface area contributed by atoms with Crippen LogP contribution in [0.4, 0.5) is 11.4 Å². The molecule has 0 saturated carbocycles. The number of Topliss-reactive ketones (excluding diaryl/α,β-unsaturated/α-hetero) is 1. The maximum absolute atomic E-state index is 12.6. The van der Waals surface area contributed by atoms with E-state index in [1.807, 2.05) is 24.5 Å². The average molecular weight is 457 g/mol. The molecule has 0 aromatic heterocycles. The SMILES string of the molecule is CSc1ccc(C(=O)CCCCCN2CCN(c3ccccc3)CC2)cc1NC(N)=S. The van der Waals surface area contributed by atoms with Crippen LogP contribution in [0, 0.1) is 0 Å². The minimum atomic E-state index is 0.176. The van der Waals surface area contributed by atoms with Gasteiger partial charge in [-0.3, -0.25) is 9.69 Å². The molecule has 0 radical (unpaired) electrons. The molecular weight excluding hydrogens is 424 g/mol. The van der Waals surface area contributed by atoms with Crippen LogP contribution in [0.5, 0.6) is 0 Å². The molecule has 31 heavy (non-hydrogen) atoms. The third-order valence-corrected chi connectivity index (χ3v) is 6.55. The van der Waals surface area contributed by atoms with Gasteiger partial charge in [0.25, 0.3) is 0 Å². The Morgan fingerprint density at radius 1 is 1.06 bits per heavy atom. The van der Waals surface area contributed by atoms with Gasteiger partial charge in [-0.15, -0.1) is 11.8 Å². The van der Waals surface area contributed by atoms with Crippen LogP contribution in [0.3, 0.4) is 0 Å².